The maximum atomic E-state index is 13.1. The van der Waals surface area contributed by atoms with Crippen LogP contribution in [-0.4, -0.2) is 44.0 Å². The van der Waals surface area contributed by atoms with E-state index in [-0.39, 0.29) is 29.5 Å². The predicted molar refractivity (Wildman–Crippen MR) is 101 cm³/mol. The molecule has 0 radical (unpaired) electrons. The van der Waals surface area contributed by atoms with Gasteiger partial charge in [-0.1, -0.05) is 6.07 Å². The molecule has 0 aromatic heterocycles. The van der Waals surface area contributed by atoms with E-state index in [1.165, 1.54) is 29.6 Å². The van der Waals surface area contributed by atoms with Crippen molar-refractivity contribution < 1.29 is 27.4 Å². The first-order chi connectivity index (χ1) is 13.3. The second-order valence-corrected chi connectivity index (χ2v) is 8.78. The van der Waals surface area contributed by atoms with E-state index in [2.05, 4.69) is 4.74 Å². The lowest BCUT2D eigenvalue weighted by molar-refractivity contribution is -0.139. The van der Waals surface area contributed by atoms with Gasteiger partial charge < -0.3 is 9.84 Å². The average molecular weight is 407 g/mol. The predicted octanol–water partition coefficient (Wildman–Crippen LogP) is 2.82. The van der Waals surface area contributed by atoms with Crippen molar-refractivity contribution in [1.82, 2.24) is 4.31 Å². The molecule has 0 bridgehead atoms. The second kappa shape index (κ2) is 8.28. The number of carbonyl (C=O) groups excluding carboxylic acids is 1. The Morgan fingerprint density at radius 2 is 1.96 bits per heavy atom. The smallest absolute Gasteiger partial charge is 0.309 e. The van der Waals surface area contributed by atoms with E-state index in [9.17, 15) is 22.7 Å². The Bertz CT molecular complexity index is 959. The number of aromatic hydroxyl groups is 1. The molecule has 0 amide bonds. The van der Waals surface area contributed by atoms with Crippen molar-refractivity contribution in [3.8, 4) is 5.75 Å². The van der Waals surface area contributed by atoms with Crippen molar-refractivity contribution >= 4 is 16.0 Å². The fourth-order valence-electron chi connectivity index (χ4n) is 3.46. The molecule has 1 saturated heterocycles. The Morgan fingerprint density at radius 1 is 1.25 bits per heavy atom. The molecule has 150 valence electrons. The molecular weight excluding hydrogens is 385 g/mol. The number of hydrogen-bond acceptors (Lipinski definition) is 5. The molecule has 1 aliphatic rings. The maximum Gasteiger partial charge on any atom is 0.309 e. The van der Waals surface area contributed by atoms with Crippen LogP contribution in [0.2, 0.25) is 0 Å². The van der Waals surface area contributed by atoms with Gasteiger partial charge in [0.1, 0.15) is 11.6 Å². The minimum atomic E-state index is -3.73. The Morgan fingerprint density at radius 3 is 2.64 bits per heavy atom. The second-order valence-electron chi connectivity index (χ2n) is 6.84. The topological polar surface area (TPSA) is 83.9 Å². The Kier molecular flexibility index (Phi) is 6.00. The molecule has 1 unspecified atom stereocenters. The molecule has 0 spiro atoms. The molecule has 0 aliphatic carbocycles. The maximum absolute atomic E-state index is 13.1. The molecule has 2 aromatic carbocycles. The number of piperidine rings is 1. The summed E-state index contributed by atoms with van der Waals surface area (Å²) in [6.07, 6.45) is 1.45. The van der Waals surface area contributed by atoms with Gasteiger partial charge in [-0.05, 0) is 66.3 Å². The zero-order chi connectivity index (χ0) is 20.3. The van der Waals surface area contributed by atoms with Crippen molar-refractivity contribution in [1.29, 1.82) is 0 Å². The highest BCUT2D eigenvalue weighted by Crippen LogP contribution is 2.32. The summed E-state index contributed by atoms with van der Waals surface area (Å²) in [5, 5.41) is 10.0. The summed E-state index contributed by atoms with van der Waals surface area (Å²) in [6.45, 7) is 0.630. The van der Waals surface area contributed by atoms with Crippen LogP contribution in [0.5, 0.6) is 5.75 Å². The van der Waals surface area contributed by atoms with Gasteiger partial charge in [0, 0.05) is 13.1 Å². The summed E-state index contributed by atoms with van der Waals surface area (Å²) in [4.78, 5) is 11.6. The minimum absolute atomic E-state index is 0.0231. The molecule has 28 heavy (non-hydrogen) atoms. The molecule has 1 atom stereocenters. The van der Waals surface area contributed by atoms with Gasteiger partial charge in [-0.15, -0.1) is 0 Å². The van der Waals surface area contributed by atoms with Gasteiger partial charge >= 0.3 is 5.97 Å². The average Bonchev–Trinajstić information content (AvgIpc) is 2.68. The van der Waals surface area contributed by atoms with Crippen LogP contribution >= 0.6 is 0 Å². The SMILES string of the molecule is COC(=O)Cc1cc(O)cc(C2CCCN(S(=O)(=O)c3ccc(F)cc3)C2)c1. The Hall–Kier alpha value is -2.45. The summed E-state index contributed by atoms with van der Waals surface area (Å²) in [7, 11) is -2.44. The molecule has 8 heteroatoms. The lowest BCUT2D eigenvalue weighted by Gasteiger charge is -2.32. The minimum Gasteiger partial charge on any atom is -0.508 e. The zero-order valence-corrected chi connectivity index (χ0v) is 16.3. The fourth-order valence-corrected chi connectivity index (χ4v) is 4.99. The van der Waals surface area contributed by atoms with Crippen LogP contribution in [0.1, 0.15) is 29.9 Å². The number of sulfonamides is 1. The van der Waals surface area contributed by atoms with Crippen LogP contribution in [0.15, 0.2) is 47.4 Å². The molecule has 1 heterocycles. The van der Waals surface area contributed by atoms with Crippen molar-refractivity contribution in [3.05, 3.63) is 59.4 Å². The summed E-state index contributed by atoms with van der Waals surface area (Å²) >= 11 is 0. The molecule has 0 saturated carbocycles. The van der Waals surface area contributed by atoms with Crippen molar-refractivity contribution in [2.24, 2.45) is 0 Å². The van der Waals surface area contributed by atoms with Gasteiger partial charge in [-0.2, -0.15) is 4.31 Å². The summed E-state index contributed by atoms with van der Waals surface area (Å²) in [6, 6.07) is 9.67. The molecule has 1 aliphatic heterocycles. The number of phenolic OH excluding ortho intramolecular Hbond substituents is 1. The highest BCUT2D eigenvalue weighted by Gasteiger charge is 2.31. The van der Waals surface area contributed by atoms with E-state index in [4.69, 9.17) is 0 Å². The number of hydrogen-bond donors (Lipinski definition) is 1. The van der Waals surface area contributed by atoms with E-state index in [1.54, 1.807) is 12.1 Å². The summed E-state index contributed by atoms with van der Waals surface area (Å²) in [5.74, 6) is -1.00. The third kappa shape index (κ3) is 4.51. The number of methoxy groups -OCH3 is 1. The molecular formula is C20H22FNO5S. The van der Waals surface area contributed by atoms with Crippen LogP contribution in [0.25, 0.3) is 0 Å². The van der Waals surface area contributed by atoms with E-state index < -0.39 is 21.8 Å². The molecule has 1 N–H and O–H groups in total. The number of nitrogens with zero attached hydrogens (tertiary/aromatic N) is 1. The third-order valence-electron chi connectivity index (χ3n) is 4.88. The van der Waals surface area contributed by atoms with Crippen LogP contribution in [-0.2, 0) is 26.0 Å². The first-order valence-corrected chi connectivity index (χ1v) is 10.4. The first-order valence-electron chi connectivity index (χ1n) is 8.95. The number of rotatable bonds is 5. The van der Waals surface area contributed by atoms with Gasteiger partial charge in [0.2, 0.25) is 10.0 Å². The van der Waals surface area contributed by atoms with Crippen LogP contribution < -0.4 is 0 Å². The number of phenols is 1. The van der Waals surface area contributed by atoms with Crippen molar-refractivity contribution in [2.45, 2.75) is 30.1 Å². The highest BCUT2D eigenvalue weighted by molar-refractivity contribution is 7.89. The molecule has 6 nitrogen and oxygen atoms in total. The normalized spacial score (nSPS) is 18.0. The number of benzene rings is 2. The molecule has 1 fully saturated rings. The van der Waals surface area contributed by atoms with Gasteiger partial charge in [0.25, 0.3) is 0 Å². The standard InChI is InChI=1S/C20H22FNO5S/c1-27-20(24)11-14-9-16(12-18(23)10-14)15-3-2-8-22(13-15)28(25,26)19-6-4-17(21)5-7-19/h4-7,9-10,12,15,23H,2-3,8,11,13H2,1H3. The number of ether oxygens (including phenoxy) is 1. The van der Waals surface area contributed by atoms with E-state index >= 15 is 0 Å². The largest absolute Gasteiger partial charge is 0.508 e. The molecule has 2 aromatic rings. The number of halogens is 1. The third-order valence-corrected chi connectivity index (χ3v) is 6.76. The van der Waals surface area contributed by atoms with Gasteiger partial charge in [0.05, 0.1) is 18.4 Å². The lowest BCUT2D eigenvalue weighted by Crippen LogP contribution is -2.39. The number of carbonyl (C=O) groups is 1. The monoisotopic (exact) mass is 407 g/mol. The van der Waals surface area contributed by atoms with Gasteiger partial charge in [-0.3, -0.25) is 4.79 Å². The van der Waals surface area contributed by atoms with Crippen LogP contribution in [0.4, 0.5) is 4.39 Å². The Labute approximate surface area is 163 Å². The number of esters is 1. The Balaban J connectivity index is 1.83. The molecule has 3 rings (SSSR count). The van der Waals surface area contributed by atoms with Crippen LogP contribution in [0, 0.1) is 5.82 Å². The lowest BCUT2D eigenvalue weighted by atomic mass is 9.90. The van der Waals surface area contributed by atoms with E-state index in [0.717, 1.165) is 24.1 Å². The van der Waals surface area contributed by atoms with E-state index in [1.807, 2.05) is 0 Å². The van der Waals surface area contributed by atoms with Crippen LogP contribution in [0.3, 0.4) is 0 Å². The summed E-state index contributed by atoms with van der Waals surface area (Å²) < 4.78 is 45.0. The highest BCUT2D eigenvalue weighted by atomic mass is 32.2. The zero-order valence-electron chi connectivity index (χ0n) is 15.5. The van der Waals surface area contributed by atoms with Gasteiger partial charge in [0.15, 0.2) is 0 Å². The van der Waals surface area contributed by atoms with Crippen molar-refractivity contribution in [2.75, 3.05) is 20.2 Å². The fraction of sp³-hybridized carbons (Fsp3) is 0.350. The van der Waals surface area contributed by atoms with Crippen molar-refractivity contribution in [3.63, 3.8) is 0 Å². The van der Waals surface area contributed by atoms with Gasteiger partial charge in [-0.25, -0.2) is 12.8 Å². The van der Waals surface area contributed by atoms with E-state index in [0.29, 0.717) is 18.5 Å². The first kappa shape index (κ1) is 20.3. The quantitative estimate of drug-likeness (QED) is 0.771. The summed E-state index contributed by atoms with van der Waals surface area (Å²) in [5.41, 5.74) is 1.39.